The number of hydrogen-bond acceptors (Lipinski definition) is 24. The number of benzene rings is 2. The molecule has 8 N–H and O–H groups in total. The number of fused-ring (bicyclic) bond motifs is 5. The van der Waals surface area contributed by atoms with Gasteiger partial charge in [0.25, 0.3) is 0 Å². The molecule has 4 aliphatic rings. The van der Waals surface area contributed by atoms with E-state index in [4.69, 9.17) is 42.6 Å². The van der Waals surface area contributed by atoms with Crippen LogP contribution < -0.4 is 26.6 Å². The third-order valence-corrected chi connectivity index (χ3v) is 18.5. The smallest absolute Gasteiger partial charge is 0.408 e. The topological polar surface area (TPSA) is 409 Å². The van der Waals surface area contributed by atoms with Crippen molar-refractivity contribution in [1.82, 2.24) is 26.6 Å². The van der Waals surface area contributed by atoms with Gasteiger partial charge in [0.15, 0.2) is 17.2 Å². The average molecular weight is 1390 g/mol. The first-order chi connectivity index (χ1) is 46.7. The molecule has 0 aromatic heterocycles. The molecule has 546 valence electrons. The van der Waals surface area contributed by atoms with Gasteiger partial charge in [0.1, 0.15) is 47.4 Å². The first-order valence-corrected chi connectivity index (χ1v) is 33.3. The molecule has 1 saturated heterocycles. The number of carbonyl (C=O) groups excluding carboxylic acids is 12. The van der Waals surface area contributed by atoms with Crippen LogP contribution in [0.4, 0.5) is 4.79 Å². The fourth-order valence-electron chi connectivity index (χ4n) is 13.3. The van der Waals surface area contributed by atoms with Crippen molar-refractivity contribution in [3.63, 3.8) is 0 Å². The van der Waals surface area contributed by atoms with Crippen LogP contribution in [0.3, 0.4) is 0 Å². The largest absolute Gasteiger partial charge is 0.455 e. The SMILES string of the molecule is COCCOCCOCCC(=O)CCCCCC(NC(=O)CNC(=O)CNC(=O)CNC(=O)CCCC(=O)O[C@H](C(=O)O[C@H]1C[C@@]2(O)[C@H](OC(=O)c3ccccc3)[C@@H]3[C@]4(OC(C)=O)CO[C@@H]4C[C@H](O)[C@@]3(C)C(=O)C(O)C(=C1C)C2(C)C)[C@@H](NC(=O)OC(C)(C)C)c1ccccc1)C(C)=O. The quantitative estimate of drug-likeness (QED) is 0.0210. The van der Waals surface area contributed by atoms with Gasteiger partial charge in [0.2, 0.25) is 29.7 Å². The van der Waals surface area contributed by atoms with Gasteiger partial charge in [-0.1, -0.05) is 75.2 Å². The highest BCUT2D eigenvalue weighted by Gasteiger charge is 2.78. The fourth-order valence-corrected chi connectivity index (χ4v) is 13.3. The Balaban J connectivity index is 1.10. The molecule has 2 bridgehead atoms. The molecule has 0 radical (unpaired) electrons. The zero-order valence-corrected chi connectivity index (χ0v) is 58.0. The second-order valence-corrected chi connectivity index (χ2v) is 27.1. The maximum atomic E-state index is 15.4. The molecule has 12 atom stereocenters. The van der Waals surface area contributed by atoms with Crippen LogP contribution in [0.2, 0.25) is 0 Å². The molecule has 29 heteroatoms. The van der Waals surface area contributed by atoms with E-state index in [0.717, 1.165) is 6.92 Å². The van der Waals surface area contributed by atoms with Gasteiger partial charge in [-0.2, -0.15) is 0 Å². The van der Waals surface area contributed by atoms with E-state index in [-0.39, 0.29) is 72.7 Å². The number of nitrogens with one attached hydrogen (secondary N) is 5. The Labute approximate surface area is 575 Å². The third kappa shape index (κ3) is 20.8. The lowest BCUT2D eigenvalue weighted by Gasteiger charge is -2.67. The standard InChI is InChI=1S/C70H97N5O24/c1-41-48(36-70(90)62(97-63(87)45-23-16-12-17-24-45)60-68(9,61(86)58(85)56(41)67(70,7)8)49(79)35-50-69(60,40-94-50)98-43(3)77)95-64(88)59(57(44-21-14-11-15-22-44)75-65(89)99-66(4,5)6)96-55(84)28-20-27-51(80)71-37-52(81)72-38-53(82)73-39-54(83)74-47(42(2)76)26-19-13-18-25-46(78)29-30-92-33-34-93-32-31-91-10/h11-12,14-17,21-24,47-50,57-60,62,79,85,90H,13,18-20,25-40H2,1-10H3,(H,71,80)(H,72,81)(H,73,82)(H,74,83)(H,75,89)/t47?,48-,49-,50+,57-,58?,59-,60-,62+,68+,69-,70+/m0/s1. The fraction of sp³-hybridized carbons (Fsp3) is 0.629. The summed E-state index contributed by atoms with van der Waals surface area (Å²) in [6.45, 7) is 12.8. The molecule has 2 aromatic rings. The molecule has 6 rings (SSSR count). The van der Waals surface area contributed by atoms with Gasteiger partial charge >= 0.3 is 30.0 Å². The number of methoxy groups -OCH3 is 1. The summed E-state index contributed by atoms with van der Waals surface area (Å²) < 4.78 is 51.8. The molecular formula is C70H97N5O24. The summed E-state index contributed by atoms with van der Waals surface area (Å²) in [5.41, 5.74) is -9.35. The van der Waals surface area contributed by atoms with E-state index in [2.05, 4.69) is 26.6 Å². The number of aliphatic hydroxyl groups is 3. The second kappa shape index (κ2) is 35.8. The van der Waals surface area contributed by atoms with Crippen molar-refractivity contribution in [2.45, 2.75) is 198 Å². The van der Waals surface area contributed by atoms with Gasteiger partial charge in [-0.15, -0.1) is 0 Å². The van der Waals surface area contributed by atoms with E-state index in [0.29, 0.717) is 58.5 Å². The molecule has 1 heterocycles. The normalized spacial score (nSPS) is 24.6. The number of alkyl carbamates (subject to hydrolysis) is 1. The van der Waals surface area contributed by atoms with Crippen LogP contribution >= 0.6 is 0 Å². The molecule has 2 aromatic carbocycles. The zero-order chi connectivity index (χ0) is 73.0. The molecule has 99 heavy (non-hydrogen) atoms. The maximum Gasteiger partial charge on any atom is 0.408 e. The minimum atomic E-state index is -2.53. The molecular weight excluding hydrogens is 1290 g/mol. The Morgan fingerprint density at radius 1 is 0.707 bits per heavy atom. The number of amides is 5. The lowest BCUT2D eigenvalue weighted by Crippen LogP contribution is -2.81. The molecule has 2 unspecified atom stereocenters. The average Bonchev–Trinajstić information content (AvgIpc) is 0.671. The Morgan fingerprint density at radius 3 is 1.91 bits per heavy atom. The summed E-state index contributed by atoms with van der Waals surface area (Å²) >= 11 is 0. The minimum absolute atomic E-state index is 0.00246. The Kier molecular flexibility index (Phi) is 28.9. The van der Waals surface area contributed by atoms with E-state index in [9.17, 15) is 63.3 Å². The Bertz CT molecular complexity index is 3250. The maximum absolute atomic E-state index is 15.4. The predicted molar refractivity (Wildman–Crippen MR) is 349 cm³/mol. The number of esters is 4. The monoisotopic (exact) mass is 1390 g/mol. The minimum Gasteiger partial charge on any atom is -0.455 e. The third-order valence-electron chi connectivity index (χ3n) is 18.5. The molecule has 0 spiro atoms. The van der Waals surface area contributed by atoms with Crippen molar-refractivity contribution in [1.29, 1.82) is 0 Å². The van der Waals surface area contributed by atoms with Gasteiger partial charge in [-0.25, -0.2) is 14.4 Å². The van der Waals surface area contributed by atoms with E-state index in [1.165, 1.54) is 58.9 Å². The number of unbranched alkanes of at least 4 members (excludes halogenated alkanes) is 2. The van der Waals surface area contributed by atoms with Crippen molar-refractivity contribution in [2.24, 2.45) is 16.7 Å². The van der Waals surface area contributed by atoms with Crippen LogP contribution in [-0.2, 0) is 90.6 Å². The summed E-state index contributed by atoms with van der Waals surface area (Å²) in [4.78, 5) is 162. The van der Waals surface area contributed by atoms with Gasteiger partial charge < -0.3 is 84.5 Å². The van der Waals surface area contributed by atoms with Gasteiger partial charge in [0.05, 0.1) is 88.3 Å². The van der Waals surface area contributed by atoms with E-state index in [1.54, 1.807) is 64.3 Å². The number of aliphatic hydroxyl groups excluding tert-OH is 2. The molecule has 3 fully saturated rings. The van der Waals surface area contributed by atoms with E-state index < -0.39 is 174 Å². The second-order valence-electron chi connectivity index (χ2n) is 27.1. The molecule has 3 aliphatic carbocycles. The Morgan fingerprint density at radius 2 is 1.31 bits per heavy atom. The molecule has 1 aliphatic heterocycles. The van der Waals surface area contributed by atoms with Crippen LogP contribution in [0.1, 0.15) is 155 Å². The zero-order valence-electron chi connectivity index (χ0n) is 58.0. The van der Waals surface area contributed by atoms with E-state index >= 15 is 9.59 Å². The highest BCUT2D eigenvalue weighted by molar-refractivity contribution is 5.95. The van der Waals surface area contributed by atoms with E-state index in [1.807, 2.05) is 0 Å². The number of ether oxygens (including phenoxy) is 9. The summed E-state index contributed by atoms with van der Waals surface area (Å²) in [6.07, 6.45) is -11.1. The summed E-state index contributed by atoms with van der Waals surface area (Å²) in [5.74, 6) is -10.1. The summed E-state index contributed by atoms with van der Waals surface area (Å²) in [6, 6.07) is 13.0. The lowest BCUT2D eigenvalue weighted by molar-refractivity contribution is -0.346. The number of hydrogen-bond donors (Lipinski definition) is 8. The van der Waals surface area contributed by atoms with Crippen LogP contribution in [0.25, 0.3) is 0 Å². The van der Waals surface area contributed by atoms with Crippen molar-refractivity contribution in [2.75, 3.05) is 66.4 Å². The predicted octanol–water partition coefficient (Wildman–Crippen LogP) is 2.99. The Hall–Kier alpha value is -8.06. The summed E-state index contributed by atoms with van der Waals surface area (Å²) in [5, 5.41) is 50.7. The molecule has 2 saturated carbocycles. The van der Waals surface area contributed by atoms with Crippen LogP contribution in [0, 0.1) is 16.7 Å². The van der Waals surface area contributed by atoms with Gasteiger partial charge in [-0.05, 0) is 89.6 Å². The summed E-state index contributed by atoms with van der Waals surface area (Å²) in [7, 11) is 1.58. The molecule has 29 nitrogen and oxygen atoms in total. The van der Waals surface area contributed by atoms with Gasteiger partial charge in [-0.3, -0.25) is 43.2 Å². The van der Waals surface area contributed by atoms with Crippen molar-refractivity contribution in [3.8, 4) is 0 Å². The van der Waals surface area contributed by atoms with Crippen LogP contribution in [0.15, 0.2) is 71.8 Å². The lowest BCUT2D eigenvalue weighted by atomic mass is 9.44. The number of carbonyl (C=O) groups is 12. The van der Waals surface area contributed by atoms with Gasteiger partial charge in [0, 0.05) is 58.0 Å². The highest BCUT2D eigenvalue weighted by atomic mass is 16.6. The van der Waals surface area contributed by atoms with Crippen molar-refractivity contribution < 1.29 is 115 Å². The van der Waals surface area contributed by atoms with Crippen molar-refractivity contribution >= 4 is 70.9 Å². The number of ketones is 3. The first-order valence-electron chi connectivity index (χ1n) is 33.3. The number of Topliss-reactive ketones (excluding diaryl/α,β-unsaturated/α-hetero) is 3. The first kappa shape index (κ1) is 79.9. The van der Waals surface area contributed by atoms with Crippen molar-refractivity contribution in [3.05, 3.63) is 82.9 Å². The molecule has 5 amide bonds. The number of rotatable bonds is 36. The van der Waals surface area contributed by atoms with Crippen LogP contribution in [0.5, 0.6) is 0 Å². The highest BCUT2D eigenvalue weighted by Crippen LogP contribution is 2.64. The van der Waals surface area contributed by atoms with Crippen LogP contribution in [-0.4, -0.2) is 212 Å².